The molecule has 31 heavy (non-hydrogen) atoms. The number of rotatable bonds is 7. The summed E-state index contributed by atoms with van der Waals surface area (Å²) in [6.45, 7) is 14.2. The van der Waals surface area contributed by atoms with Gasteiger partial charge in [0.2, 0.25) is 0 Å². The lowest BCUT2D eigenvalue weighted by Crippen LogP contribution is -2.30. The maximum atomic E-state index is 12.6. The van der Waals surface area contributed by atoms with Crippen molar-refractivity contribution in [3.05, 3.63) is 57.4 Å². The van der Waals surface area contributed by atoms with Crippen LogP contribution in [-0.4, -0.2) is 22.5 Å². The lowest BCUT2D eigenvalue weighted by Gasteiger charge is -2.16. The van der Waals surface area contributed by atoms with E-state index in [1.165, 1.54) is 13.0 Å². The zero-order chi connectivity index (χ0) is 23.3. The van der Waals surface area contributed by atoms with Crippen LogP contribution in [0.25, 0.3) is 6.08 Å². The fourth-order valence-corrected chi connectivity index (χ4v) is 3.71. The summed E-state index contributed by atoms with van der Waals surface area (Å²) in [5.41, 5.74) is 6.38. The summed E-state index contributed by atoms with van der Waals surface area (Å²) in [6.07, 6.45) is 1.46. The maximum Gasteiger partial charge on any atom is 0.349 e. The molecule has 0 fully saturated rings. The van der Waals surface area contributed by atoms with E-state index in [9.17, 15) is 14.9 Å². The number of amides is 1. The number of carbonyl (C=O) groups excluding carboxylic acids is 2. The topological polar surface area (TPSA) is 84.1 Å². The molecule has 0 spiro atoms. The molecule has 0 aliphatic rings. The van der Waals surface area contributed by atoms with Gasteiger partial charge in [0, 0.05) is 23.6 Å². The number of ether oxygens (including phenoxy) is 1. The van der Waals surface area contributed by atoms with Gasteiger partial charge in [-0.25, -0.2) is 4.79 Å². The minimum Gasteiger partial charge on any atom is -0.448 e. The SMILES string of the molecule is CCCn1c(C)cc(/C=C(\C#N)C(=O)O[C@@H](C)C(=O)Nc2c(C)cc(C)cc2C)c1C. The average molecular weight is 422 g/mol. The fourth-order valence-electron chi connectivity index (χ4n) is 3.71. The molecule has 0 bridgehead atoms. The normalized spacial score (nSPS) is 12.3. The number of benzene rings is 1. The van der Waals surface area contributed by atoms with Crippen molar-refractivity contribution in [2.24, 2.45) is 0 Å². The minimum atomic E-state index is -1.04. The summed E-state index contributed by atoms with van der Waals surface area (Å²) in [5.74, 6) is -1.26. The van der Waals surface area contributed by atoms with Gasteiger partial charge in [0.05, 0.1) is 0 Å². The summed E-state index contributed by atoms with van der Waals surface area (Å²) >= 11 is 0. The Morgan fingerprint density at radius 1 is 1.16 bits per heavy atom. The Hall–Kier alpha value is -3.33. The number of nitriles is 1. The second-order valence-corrected chi connectivity index (χ2v) is 7.96. The molecule has 6 nitrogen and oxygen atoms in total. The van der Waals surface area contributed by atoms with Crippen LogP contribution in [0.5, 0.6) is 0 Å². The van der Waals surface area contributed by atoms with E-state index in [0.29, 0.717) is 5.69 Å². The Labute approximate surface area is 184 Å². The average Bonchev–Trinajstić information content (AvgIpc) is 2.96. The van der Waals surface area contributed by atoms with E-state index in [0.717, 1.165) is 46.6 Å². The quantitative estimate of drug-likeness (QED) is 0.391. The zero-order valence-electron chi connectivity index (χ0n) is 19.4. The van der Waals surface area contributed by atoms with Crippen LogP contribution in [0.1, 0.15) is 53.9 Å². The molecular weight excluding hydrogens is 390 g/mol. The first-order valence-electron chi connectivity index (χ1n) is 10.5. The third kappa shape index (κ3) is 5.64. The summed E-state index contributed by atoms with van der Waals surface area (Å²) in [7, 11) is 0. The van der Waals surface area contributed by atoms with Crippen molar-refractivity contribution >= 4 is 23.6 Å². The van der Waals surface area contributed by atoms with Crippen LogP contribution in [0.4, 0.5) is 5.69 Å². The predicted molar refractivity (Wildman–Crippen MR) is 123 cm³/mol. The second-order valence-electron chi connectivity index (χ2n) is 7.96. The molecule has 1 aromatic carbocycles. The van der Waals surface area contributed by atoms with Crippen molar-refractivity contribution in [3.63, 3.8) is 0 Å². The molecule has 0 saturated carbocycles. The largest absolute Gasteiger partial charge is 0.448 e. The van der Waals surface area contributed by atoms with Crippen LogP contribution in [0.3, 0.4) is 0 Å². The highest BCUT2D eigenvalue weighted by Crippen LogP contribution is 2.23. The van der Waals surface area contributed by atoms with Gasteiger partial charge in [-0.1, -0.05) is 24.6 Å². The van der Waals surface area contributed by atoms with Crippen molar-refractivity contribution in [2.45, 2.75) is 67.5 Å². The van der Waals surface area contributed by atoms with Gasteiger partial charge in [-0.3, -0.25) is 4.79 Å². The number of anilines is 1. The molecule has 0 saturated heterocycles. The van der Waals surface area contributed by atoms with Gasteiger partial charge >= 0.3 is 5.97 Å². The summed E-state index contributed by atoms with van der Waals surface area (Å²) in [6, 6.07) is 7.80. The zero-order valence-corrected chi connectivity index (χ0v) is 19.4. The summed E-state index contributed by atoms with van der Waals surface area (Å²) < 4.78 is 7.44. The van der Waals surface area contributed by atoms with Gasteiger partial charge in [0.1, 0.15) is 11.6 Å². The molecule has 1 amide bonds. The first kappa shape index (κ1) is 23.9. The van der Waals surface area contributed by atoms with E-state index < -0.39 is 18.0 Å². The number of aromatic nitrogens is 1. The molecule has 1 N–H and O–H groups in total. The van der Waals surface area contributed by atoms with E-state index in [1.807, 2.05) is 58.9 Å². The van der Waals surface area contributed by atoms with Gasteiger partial charge in [-0.2, -0.15) is 5.26 Å². The van der Waals surface area contributed by atoms with E-state index in [1.54, 1.807) is 0 Å². The Bertz CT molecular complexity index is 1050. The Morgan fingerprint density at radius 2 is 1.77 bits per heavy atom. The van der Waals surface area contributed by atoms with Crippen LogP contribution < -0.4 is 5.32 Å². The first-order valence-corrected chi connectivity index (χ1v) is 10.5. The van der Waals surface area contributed by atoms with Crippen LogP contribution in [0, 0.1) is 45.9 Å². The van der Waals surface area contributed by atoms with Gasteiger partial charge in [0.15, 0.2) is 6.10 Å². The Morgan fingerprint density at radius 3 is 2.32 bits per heavy atom. The van der Waals surface area contributed by atoms with Crippen molar-refractivity contribution < 1.29 is 14.3 Å². The van der Waals surface area contributed by atoms with E-state index in [2.05, 4.69) is 16.8 Å². The van der Waals surface area contributed by atoms with Gasteiger partial charge in [0.25, 0.3) is 5.91 Å². The predicted octanol–water partition coefficient (Wildman–Crippen LogP) is 4.92. The molecule has 0 radical (unpaired) electrons. The van der Waals surface area contributed by atoms with Crippen LogP contribution >= 0.6 is 0 Å². The number of hydrogen-bond acceptors (Lipinski definition) is 4. The second kappa shape index (κ2) is 10.1. The van der Waals surface area contributed by atoms with E-state index in [-0.39, 0.29) is 5.57 Å². The molecule has 1 heterocycles. The number of carbonyl (C=O) groups is 2. The number of hydrogen-bond donors (Lipinski definition) is 1. The van der Waals surface area contributed by atoms with Gasteiger partial charge in [-0.15, -0.1) is 0 Å². The number of nitrogens with one attached hydrogen (secondary N) is 1. The number of nitrogens with zero attached hydrogens (tertiary/aromatic N) is 2. The number of aryl methyl sites for hydroxylation is 4. The highest BCUT2D eigenvalue weighted by molar-refractivity contribution is 6.01. The molecule has 0 aliphatic carbocycles. The minimum absolute atomic E-state index is 0.140. The third-order valence-corrected chi connectivity index (χ3v) is 5.28. The van der Waals surface area contributed by atoms with Crippen molar-refractivity contribution in [2.75, 3.05) is 5.32 Å². The molecule has 1 atom stereocenters. The molecule has 0 unspecified atom stereocenters. The van der Waals surface area contributed by atoms with E-state index in [4.69, 9.17) is 4.74 Å². The maximum absolute atomic E-state index is 12.6. The van der Waals surface area contributed by atoms with Crippen LogP contribution in [0.15, 0.2) is 23.8 Å². The molecular formula is C25H31N3O3. The van der Waals surface area contributed by atoms with Crippen LogP contribution in [-0.2, 0) is 20.9 Å². The fraction of sp³-hybridized carbons (Fsp3) is 0.400. The van der Waals surface area contributed by atoms with Crippen molar-refractivity contribution in [3.8, 4) is 6.07 Å². The molecule has 1 aromatic heterocycles. The van der Waals surface area contributed by atoms with Gasteiger partial charge in [-0.05, 0) is 76.8 Å². The van der Waals surface area contributed by atoms with Crippen molar-refractivity contribution in [1.29, 1.82) is 5.26 Å². The van der Waals surface area contributed by atoms with Crippen molar-refractivity contribution in [1.82, 2.24) is 4.57 Å². The lowest BCUT2D eigenvalue weighted by atomic mass is 10.0. The molecule has 6 heteroatoms. The smallest absolute Gasteiger partial charge is 0.349 e. The monoisotopic (exact) mass is 421 g/mol. The molecule has 0 aliphatic heterocycles. The van der Waals surface area contributed by atoms with Crippen LogP contribution in [0.2, 0.25) is 0 Å². The van der Waals surface area contributed by atoms with E-state index >= 15 is 0 Å². The Balaban J connectivity index is 2.16. The standard InChI is InChI=1S/C25H31N3O3/c1-8-9-28-18(5)12-21(19(28)6)13-22(14-26)25(30)31-20(7)24(29)27-23-16(3)10-15(2)11-17(23)4/h10-13,20H,8-9H2,1-7H3,(H,27,29)/b22-13+/t20-/m0/s1. The first-order chi connectivity index (χ1) is 14.6. The summed E-state index contributed by atoms with van der Waals surface area (Å²) in [4.78, 5) is 25.1. The molecule has 2 aromatic rings. The highest BCUT2D eigenvalue weighted by Gasteiger charge is 2.22. The molecule has 2 rings (SSSR count). The number of esters is 1. The Kier molecular flexibility index (Phi) is 7.82. The summed E-state index contributed by atoms with van der Waals surface area (Å²) in [5, 5.41) is 12.3. The van der Waals surface area contributed by atoms with Gasteiger partial charge < -0.3 is 14.6 Å². The lowest BCUT2D eigenvalue weighted by molar-refractivity contribution is -0.148. The molecule has 164 valence electrons. The third-order valence-electron chi connectivity index (χ3n) is 5.28. The highest BCUT2D eigenvalue weighted by atomic mass is 16.5.